The summed E-state index contributed by atoms with van der Waals surface area (Å²) in [6.45, 7) is 2.56. The molecule has 128 valence electrons. The molecule has 0 unspecified atom stereocenters. The predicted octanol–water partition coefficient (Wildman–Crippen LogP) is 4.54. The van der Waals surface area contributed by atoms with E-state index in [9.17, 15) is 14.9 Å². The fraction of sp³-hybridized carbons (Fsp3) is 0.167. The number of carbonyl (C=O) groups is 1. The first-order chi connectivity index (χ1) is 12.1. The molecule has 0 spiro atoms. The van der Waals surface area contributed by atoms with Crippen molar-refractivity contribution in [3.8, 4) is 11.1 Å². The number of hydrogen-bond acceptors (Lipinski definition) is 4. The van der Waals surface area contributed by atoms with Crippen LogP contribution in [0.1, 0.15) is 13.3 Å². The standard InChI is InChI=1S/C18H17N3O4/c1-2-11-19-18(22)20-13-9-7-12(8-10-13)16-14-5-3-4-6-15(14)25-17(16)21(23)24/h3-10H,2,11H2,1H3,(H2,19,20,22). The topological polar surface area (TPSA) is 97.4 Å². The lowest BCUT2D eigenvalue weighted by molar-refractivity contribution is -0.400. The first-order valence-electron chi connectivity index (χ1n) is 7.91. The van der Waals surface area contributed by atoms with Gasteiger partial charge in [-0.2, -0.15) is 0 Å². The van der Waals surface area contributed by atoms with Crippen molar-refractivity contribution < 1.29 is 14.1 Å². The van der Waals surface area contributed by atoms with Crippen LogP contribution in [0.15, 0.2) is 52.9 Å². The molecule has 0 atom stereocenters. The van der Waals surface area contributed by atoms with Crippen LogP contribution in [-0.2, 0) is 0 Å². The van der Waals surface area contributed by atoms with Gasteiger partial charge in [0.25, 0.3) is 0 Å². The highest BCUT2D eigenvalue weighted by atomic mass is 16.6. The summed E-state index contributed by atoms with van der Waals surface area (Å²) in [5.74, 6) is -0.289. The second kappa shape index (κ2) is 7.04. The third kappa shape index (κ3) is 3.45. The third-order valence-corrected chi connectivity index (χ3v) is 3.71. The number of fused-ring (bicyclic) bond motifs is 1. The van der Waals surface area contributed by atoms with Crippen molar-refractivity contribution in [2.45, 2.75) is 13.3 Å². The van der Waals surface area contributed by atoms with E-state index >= 15 is 0 Å². The van der Waals surface area contributed by atoms with Gasteiger partial charge in [-0.05, 0) is 30.2 Å². The number of benzene rings is 2. The Balaban J connectivity index is 1.92. The van der Waals surface area contributed by atoms with Crippen LogP contribution in [0.5, 0.6) is 0 Å². The Labute approximate surface area is 143 Å². The van der Waals surface area contributed by atoms with Gasteiger partial charge in [0.1, 0.15) is 16.1 Å². The molecule has 0 aliphatic rings. The lowest BCUT2D eigenvalue weighted by Crippen LogP contribution is -2.29. The molecule has 0 fully saturated rings. The van der Waals surface area contributed by atoms with Gasteiger partial charge in [-0.1, -0.05) is 37.3 Å². The Morgan fingerprint density at radius 1 is 1.16 bits per heavy atom. The third-order valence-electron chi connectivity index (χ3n) is 3.71. The summed E-state index contributed by atoms with van der Waals surface area (Å²) in [5, 5.41) is 17.4. The molecule has 2 aromatic carbocycles. The summed E-state index contributed by atoms with van der Waals surface area (Å²) in [5.41, 5.74) is 2.15. The minimum atomic E-state index is -0.528. The molecule has 0 saturated carbocycles. The largest absolute Gasteiger partial charge is 0.442 e. The SMILES string of the molecule is CCCNC(=O)Nc1ccc(-c2c([N+](=O)[O-])oc3ccccc23)cc1. The Bertz CT molecular complexity index is 916. The van der Waals surface area contributed by atoms with E-state index in [2.05, 4.69) is 10.6 Å². The number of urea groups is 1. The number of para-hydroxylation sites is 1. The maximum Gasteiger partial charge on any atom is 0.442 e. The van der Waals surface area contributed by atoms with Gasteiger partial charge in [-0.25, -0.2) is 4.79 Å². The van der Waals surface area contributed by atoms with Crippen molar-refractivity contribution in [2.24, 2.45) is 0 Å². The summed E-state index contributed by atoms with van der Waals surface area (Å²) >= 11 is 0. The molecule has 25 heavy (non-hydrogen) atoms. The molecule has 0 aliphatic carbocycles. The fourth-order valence-corrected chi connectivity index (χ4v) is 2.57. The van der Waals surface area contributed by atoms with Crippen molar-refractivity contribution in [2.75, 3.05) is 11.9 Å². The zero-order chi connectivity index (χ0) is 17.8. The quantitative estimate of drug-likeness (QED) is 0.527. The maximum atomic E-state index is 11.7. The van der Waals surface area contributed by atoms with Crippen molar-refractivity contribution in [1.29, 1.82) is 0 Å². The van der Waals surface area contributed by atoms with Crippen LogP contribution in [0.25, 0.3) is 22.1 Å². The average Bonchev–Trinajstić information content (AvgIpc) is 3.00. The first kappa shape index (κ1) is 16.5. The summed E-state index contributed by atoms with van der Waals surface area (Å²) in [4.78, 5) is 22.5. The number of carbonyl (C=O) groups excluding carboxylic acids is 1. The molecule has 3 aromatic rings. The molecule has 7 heteroatoms. The van der Waals surface area contributed by atoms with Gasteiger partial charge in [0.2, 0.25) is 0 Å². The molecule has 7 nitrogen and oxygen atoms in total. The van der Waals surface area contributed by atoms with E-state index in [1.807, 2.05) is 6.92 Å². The summed E-state index contributed by atoms with van der Waals surface area (Å²) in [6, 6.07) is 13.6. The van der Waals surface area contributed by atoms with E-state index in [0.717, 1.165) is 6.42 Å². The number of furan rings is 1. The van der Waals surface area contributed by atoms with Gasteiger partial charge in [0.05, 0.1) is 0 Å². The molecular formula is C18H17N3O4. The molecule has 1 aromatic heterocycles. The van der Waals surface area contributed by atoms with Crippen LogP contribution in [0, 0.1) is 10.1 Å². The number of nitro groups is 1. The van der Waals surface area contributed by atoms with E-state index in [1.165, 1.54) is 0 Å². The molecule has 0 aliphatic heterocycles. The van der Waals surface area contributed by atoms with Crippen LogP contribution < -0.4 is 10.6 Å². The summed E-state index contributed by atoms with van der Waals surface area (Å²) < 4.78 is 5.38. The minimum Gasteiger partial charge on any atom is -0.400 e. The average molecular weight is 339 g/mol. The van der Waals surface area contributed by atoms with Crippen molar-refractivity contribution in [3.63, 3.8) is 0 Å². The Kier molecular flexibility index (Phi) is 4.65. The number of amides is 2. The van der Waals surface area contributed by atoms with Crippen molar-refractivity contribution in [3.05, 3.63) is 58.6 Å². The number of nitrogens with zero attached hydrogens (tertiary/aromatic N) is 1. The van der Waals surface area contributed by atoms with Crippen LogP contribution in [0.2, 0.25) is 0 Å². The van der Waals surface area contributed by atoms with E-state index in [0.29, 0.717) is 34.3 Å². The zero-order valence-electron chi connectivity index (χ0n) is 13.6. The summed E-state index contributed by atoms with van der Waals surface area (Å²) in [7, 11) is 0. The zero-order valence-corrected chi connectivity index (χ0v) is 13.6. The highest BCUT2D eigenvalue weighted by Crippen LogP contribution is 2.39. The highest BCUT2D eigenvalue weighted by Gasteiger charge is 2.24. The monoisotopic (exact) mass is 339 g/mol. The minimum absolute atomic E-state index is 0.283. The van der Waals surface area contributed by atoms with E-state index in [-0.39, 0.29) is 11.9 Å². The van der Waals surface area contributed by atoms with Gasteiger partial charge in [0, 0.05) is 17.6 Å². The lowest BCUT2D eigenvalue weighted by atomic mass is 10.0. The highest BCUT2D eigenvalue weighted by molar-refractivity contribution is 5.99. The second-order valence-electron chi connectivity index (χ2n) is 5.49. The van der Waals surface area contributed by atoms with Crippen LogP contribution in [-0.4, -0.2) is 17.5 Å². The van der Waals surface area contributed by atoms with Crippen LogP contribution in [0.4, 0.5) is 16.4 Å². The molecule has 0 saturated heterocycles. The van der Waals surface area contributed by atoms with Crippen LogP contribution in [0.3, 0.4) is 0 Å². The maximum absolute atomic E-state index is 11.7. The number of rotatable bonds is 5. The molecule has 0 bridgehead atoms. The summed E-state index contributed by atoms with van der Waals surface area (Å²) in [6.07, 6.45) is 0.851. The molecule has 0 radical (unpaired) electrons. The lowest BCUT2D eigenvalue weighted by Gasteiger charge is -2.07. The Hall–Kier alpha value is -3.35. The number of anilines is 1. The van der Waals surface area contributed by atoms with E-state index < -0.39 is 4.92 Å². The molecule has 2 amide bonds. The second-order valence-corrected chi connectivity index (χ2v) is 5.49. The molecule has 2 N–H and O–H groups in total. The van der Waals surface area contributed by atoms with E-state index in [4.69, 9.17) is 4.42 Å². The smallest absolute Gasteiger partial charge is 0.400 e. The van der Waals surface area contributed by atoms with Crippen molar-refractivity contribution in [1.82, 2.24) is 5.32 Å². The molecule has 3 rings (SSSR count). The van der Waals surface area contributed by atoms with Gasteiger partial charge in [0.15, 0.2) is 0 Å². The Morgan fingerprint density at radius 3 is 2.56 bits per heavy atom. The van der Waals surface area contributed by atoms with Crippen LogP contribution >= 0.6 is 0 Å². The van der Waals surface area contributed by atoms with Gasteiger partial charge in [-0.3, -0.25) is 10.1 Å². The van der Waals surface area contributed by atoms with Crippen molar-refractivity contribution >= 4 is 28.6 Å². The number of hydrogen-bond donors (Lipinski definition) is 2. The van der Waals surface area contributed by atoms with Gasteiger partial charge in [-0.15, -0.1) is 0 Å². The molecule has 1 heterocycles. The predicted molar refractivity (Wildman–Crippen MR) is 95.6 cm³/mol. The fourth-order valence-electron chi connectivity index (χ4n) is 2.57. The van der Waals surface area contributed by atoms with E-state index in [1.54, 1.807) is 48.5 Å². The van der Waals surface area contributed by atoms with Gasteiger partial charge < -0.3 is 15.1 Å². The first-order valence-corrected chi connectivity index (χ1v) is 7.91. The number of nitrogens with one attached hydrogen (secondary N) is 2. The normalized spacial score (nSPS) is 10.6. The van der Waals surface area contributed by atoms with Gasteiger partial charge >= 0.3 is 11.9 Å². The molecular weight excluding hydrogens is 322 g/mol. The Morgan fingerprint density at radius 2 is 1.88 bits per heavy atom.